The van der Waals surface area contributed by atoms with E-state index in [0.29, 0.717) is 0 Å². The first-order chi connectivity index (χ1) is 5.16. The Labute approximate surface area is 63.4 Å². The van der Waals surface area contributed by atoms with Crippen molar-refractivity contribution in [2.24, 2.45) is 16.8 Å². The first kappa shape index (κ1) is 7.71. The summed E-state index contributed by atoms with van der Waals surface area (Å²) in [6.45, 7) is 0. The average Bonchev–Trinajstić information content (AvgIpc) is 2.72. The van der Waals surface area contributed by atoms with Gasteiger partial charge in [0.15, 0.2) is 0 Å². The van der Waals surface area contributed by atoms with Crippen molar-refractivity contribution in [3.63, 3.8) is 0 Å². The van der Waals surface area contributed by atoms with E-state index in [1.807, 2.05) is 0 Å². The van der Waals surface area contributed by atoms with E-state index >= 15 is 0 Å². The minimum Gasteiger partial charge on any atom is -0.411 e. The lowest BCUT2D eigenvalue weighted by atomic mass is 10.1. The molecule has 11 heavy (non-hydrogen) atoms. The van der Waals surface area contributed by atoms with Gasteiger partial charge < -0.3 is 10.9 Å². The maximum atomic E-state index is 10.4. The van der Waals surface area contributed by atoms with E-state index in [1.54, 1.807) is 0 Å². The summed E-state index contributed by atoms with van der Waals surface area (Å²) in [5.41, 5.74) is 4.57. The summed E-state index contributed by atoms with van der Waals surface area (Å²) in [6, 6.07) is 0. The van der Waals surface area contributed by atoms with Crippen molar-refractivity contribution in [2.45, 2.75) is 12.8 Å². The number of amides is 1. The molecule has 60 valence electrons. The summed E-state index contributed by atoms with van der Waals surface area (Å²) in [5.74, 6) is -0.773. The second kappa shape index (κ2) is 2.69. The third kappa shape index (κ3) is 1.54. The van der Waals surface area contributed by atoms with Crippen molar-refractivity contribution in [3.8, 4) is 0 Å². The molecule has 5 heteroatoms. The second-order valence-electron chi connectivity index (χ2n) is 2.50. The highest BCUT2D eigenvalue weighted by atomic mass is 16.4. The number of carbonyl (C=O) groups excluding carboxylic acids is 1. The number of rotatable bonds is 3. The summed E-state index contributed by atoms with van der Waals surface area (Å²) in [4.78, 5) is 10.4. The van der Waals surface area contributed by atoms with Crippen LogP contribution in [0.25, 0.3) is 0 Å². The van der Waals surface area contributed by atoms with Crippen LogP contribution >= 0.6 is 0 Å². The molecule has 0 spiro atoms. The summed E-state index contributed by atoms with van der Waals surface area (Å²) in [6.07, 6.45) is 1.74. The van der Waals surface area contributed by atoms with Crippen LogP contribution in [0.2, 0.25) is 0 Å². The molecule has 5 nitrogen and oxygen atoms in total. The van der Waals surface area contributed by atoms with Gasteiger partial charge in [0.1, 0.15) is 11.4 Å². The number of nitrogens with zero attached hydrogens (tertiary/aromatic N) is 1. The maximum Gasteiger partial charge on any atom is 0.268 e. The smallest absolute Gasteiger partial charge is 0.268 e. The van der Waals surface area contributed by atoms with Crippen LogP contribution in [0.5, 0.6) is 0 Å². The van der Waals surface area contributed by atoms with E-state index in [1.165, 1.54) is 0 Å². The average molecular weight is 155 g/mol. The number of primary amides is 1. The van der Waals surface area contributed by atoms with E-state index in [0.717, 1.165) is 12.8 Å². The third-order valence-corrected chi connectivity index (χ3v) is 1.57. The summed E-state index contributed by atoms with van der Waals surface area (Å²) < 4.78 is 0. The van der Waals surface area contributed by atoms with Crippen molar-refractivity contribution in [2.75, 3.05) is 0 Å². The summed E-state index contributed by atoms with van der Waals surface area (Å²) >= 11 is 0. The highest BCUT2D eigenvalue weighted by Gasteiger charge is 2.32. The monoisotopic (exact) mass is 155 g/mol. The van der Waals surface area contributed by atoms with Gasteiger partial charge in [0.05, 0.1) is 0 Å². The lowest BCUT2D eigenvalue weighted by Gasteiger charge is -1.98. The van der Waals surface area contributed by atoms with Gasteiger partial charge in [-0.2, -0.15) is 0 Å². The van der Waals surface area contributed by atoms with Gasteiger partial charge in [0, 0.05) is 5.92 Å². The number of carbonyl (C=O) groups is 1. The number of oxime groups is 1. The maximum absolute atomic E-state index is 10.4. The molecular weight excluding hydrogens is 146 g/mol. The lowest BCUT2D eigenvalue weighted by molar-refractivity contribution is -0.111. The van der Waals surface area contributed by atoms with E-state index in [4.69, 9.17) is 16.4 Å². The van der Waals surface area contributed by atoms with Gasteiger partial charge in [-0.1, -0.05) is 5.16 Å². The highest BCUT2D eigenvalue weighted by Crippen LogP contribution is 2.30. The Morgan fingerprint density at radius 1 is 1.64 bits per heavy atom. The number of hydrogen-bond donors (Lipinski definition) is 3. The second-order valence-corrected chi connectivity index (χ2v) is 2.50. The van der Waals surface area contributed by atoms with Crippen LogP contribution in [0.1, 0.15) is 12.8 Å². The molecule has 4 N–H and O–H groups in total. The van der Waals surface area contributed by atoms with Gasteiger partial charge in [0.25, 0.3) is 5.91 Å². The molecule has 1 aliphatic carbocycles. The normalized spacial score (nSPS) is 18.0. The molecule has 1 fully saturated rings. The molecule has 0 aromatic heterocycles. The summed E-state index contributed by atoms with van der Waals surface area (Å²) in [7, 11) is 0. The van der Waals surface area contributed by atoms with Crippen LogP contribution in [-0.4, -0.2) is 22.5 Å². The number of nitrogens with two attached hydrogens (primary N) is 1. The minimum absolute atomic E-state index is 0.0694. The Hall–Kier alpha value is -1.39. The molecule has 0 unspecified atom stereocenters. The Balaban J connectivity index is 2.69. The molecule has 0 radical (unpaired) electrons. The molecule has 0 atom stereocenters. The Kier molecular flexibility index (Phi) is 1.89. The molecule has 0 aromatic rings. The minimum atomic E-state index is -0.843. The van der Waals surface area contributed by atoms with Gasteiger partial charge in [-0.25, -0.2) is 0 Å². The van der Waals surface area contributed by atoms with Crippen LogP contribution in [0.4, 0.5) is 0 Å². The molecule has 0 saturated heterocycles. The topological polar surface area (TPSA) is 99.5 Å². The Morgan fingerprint density at radius 3 is 2.45 bits per heavy atom. The molecular formula is C6H9N3O2. The molecule has 1 aliphatic rings. The largest absolute Gasteiger partial charge is 0.411 e. The highest BCUT2D eigenvalue weighted by molar-refractivity contribution is 6.66. The predicted octanol–water partition coefficient (Wildman–Crippen LogP) is -0.268. The third-order valence-electron chi connectivity index (χ3n) is 1.57. The number of nitrogens with one attached hydrogen (secondary N) is 1. The van der Waals surface area contributed by atoms with Gasteiger partial charge >= 0.3 is 0 Å². The lowest BCUT2D eigenvalue weighted by Crippen LogP contribution is -2.30. The van der Waals surface area contributed by atoms with Crippen LogP contribution in [0, 0.1) is 11.3 Å². The fourth-order valence-electron chi connectivity index (χ4n) is 0.819. The molecule has 0 heterocycles. The molecule has 1 saturated carbocycles. The van der Waals surface area contributed by atoms with Crippen LogP contribution in [0.15, 0.2) is 5.16 Å². The fraction of sp³-hybridized carbons (Fsp3) is 0.500. The van der Waals surface area contributed by atoms with E-state index < -0.39 is 5.91 Å². The molecule has 1 rings (SSSR count). The fourth-order valence-corrected chi connectivity index (χ4v) is 0.819. The van der Waals surface area contributed by atoms with Gasteiger partial charge in [-0.15, -0.1) is 0 Å². The zero-order chi connectivity index (χ0) is 8.43. The standard InChI is InChI=1S/C6H9N3O2/c7-4(6(8)10)5(9-11)3-1-2-3/h3,7,11H,1-2H2,(H2,8,10)/b7-4?,9-5-. The van der Waals surface area contributed by atoms with E-state index in [-0.39, 0.29) is 17.3 Å². The zero-order valence-electron chi connectivity index (χ0n) is 5.87. The molecule has 0 aliphatic heterocycles. The van der Waals surface area contributed by atoms with Crippen molar-refractivity contribution in [1.29, 1.82) is 5.41 Å². The zero-order valence-corrected chi connectivity index (χ0v) is 5.87. The number of hydrogen-bond acceptors (Lipinski definition) is 4. The Bertz CT molecular complexity index is 230. The van der Waals surface area contributed by atoms with Gasteiger partial charge in [0.2, 0.25) is 0 Å². The van der Waals surface area contributed by atoms with Gasteiger partial charge in [-0.05, 0) is 12.8 Å². The van der Waals surface area contributed by atoms with Crippen LogP contribution in [-0.2, 0) is 4.79 Å². The quantitative estimate of drug-likeness (QED) is 0.297. The van der Waals surface area contributed by atoms with Crippen molar-refractivity contribution < 1.29 is 10.0 Å². The van der Waals surface area contributed by atoms with E-state index in [2.05, 4.69) is 5.16 Å². The van der Waals surface area contributed by atoms with Crippen molar-refractivity contribution >= 4 is 17.3 Å². The molecule has 1 amide bonds. The predicted molar refractivity (Wildman–Crippen MR) is 38.9 cm³/mol. The van der Waals surface area contributed by atoms with Crippen LogP contribution in [0.3, 0.4) is 0 Å². The Morgan fingerprint density at radius 2 is 2.18 bits per heavy atom. The summed E-state index contributed by atoms with van der Waals surface area (Å²) in [5, 5.41) is 18.4. The van der Waals surface area contributed by atoms with Crippen LogP contribution < -0.4 is 5.73 Å². The van der Waals surface area contributed by atoms with Crippen molar-refractivity contribution in [3.05, 3.63) is 0 Å². The van der Waals surface area contributed by atoms with E-state index in [9.17, 15) is 4.79 Å². The van der Waals surface area contributed by atoms with Gasteiger partial charge in [-0.3, -0.25) is 10.2 Å². The first-order valence-electron chi connectivity index (χ1n) is 3.27. The molecule has 0 bridgehead atoms. The molecule has 0 aromatic carbocycles. The first-order valence-corrected chi connectivity index (χ1v) is 3.27. The van der Waals surface area contributed by atoms with Crippen molar-refractivity contribution in [1.82, 2.24) is 0 Å². The SMILES string of the molecule is N=C(C(N)=O)/C(=N\O)C1CC1.